The van der Waals surface area contributed by atoms with Crippen molar-refractivity contribution >= 4 is 46.6 Å². The Kier molecular flexibility index (Phi) is 4.92. The van der Waals surface area contributed by atoms with Crippen molar-refractivity contribution in [2.24, 2.45) is 0 Å². The van der Waals surface area contributed by atoms with Crippen LogP contribution in [0.15, 0.2) is 28.1 Å². The predicted molar refractivity (Wildman–Crippen MR) is 68.1 cm³/mol. The Labute approximate surface area is 112 Å². The molecule has 0 N–H and O–H groups in total. The van der Waals surface area contributed by atoms with Gasteiger partial charge < -0.3 is 0 Å². The Morgan fingerprint density at radius 2 is 1.94 bits per heavy atom. The summed E-state index contributed by atoms with van der Waals surface area (Å²) in [5.41, 5.74) is 0.0112. The van der Waals surface area contributed by atoms with E-state index in [0.717, 1.165) is 11.8 Å². The summed E-state index contributed by atoms with van der Waals surface area (Å²) < 4.78 is 0. The second kappa shape index (κ2) is 5.77. The number of allylic oxidation sites excluding steroid dienone is 1. The first kappa shape index (κ1) is 13.6. The fraction of sp³-hybridized carbons (Fsp3) is 0.111. The number of rotatable bonds is 3. The van der Waals surface area contributed by atoms with E-state index in [4.69, 9.17) is 34.8 Å². The molecular weight excluding hydrogens is 293 g/mol. The van der Waals surface area contributed by atoms with Crippen LogP contribution in [0.4, 0.5) is 0 Å². The molecule has 0 fully saturated rings. The minimum absolute atomic E-state index is 0.0112. The second-order valence-electron chi connectivity index (χ2n) is 2.81. The number of thioether (sulfide) groups is 1. The van der Waals surface area contributed by atoms with E-state index in [2.05, 4.69) is 0 Å². The fourth-order valence-electron chi connectivity index (χ4n) is 0.804. The number of nitrogens with zero attached hydrogens (tertiary/aromatic N) is 1. The summed E-state index contributed by atoms with van der Waals surface area (Å²) in [4.78, 5) is 10.4. The first-order valence-electron chi connectivity index (χ1n) is 4.04. The fourth-order valence-corrected chi connectivity index (χ4v) is 2.42. The molecule has 0 heterocycles. The first-order valence-corrected chi connectivity index (χ1v) is 6.06. The molecule has 0 spiro atoms. The average Bonchev–Trinajstić information content (AvgIpc) is 2.23. The van der Waals surface area contributed by atoms with Gasteiger partial charge >= 0.3 is 0 Å². The van der Waals surface area contributed by atoms with Gasteiger partial charge in [0, 0.05) is 12.3 Å². The van der Waals surface area contributed by atoms with Crippen molar-refractivity contribution in [3.05, 3.63) is 48.4 Å². The summed E-state index contributed by atoms with van der Waals surface area (Å²) in [5, 5.41) is 12.8. The molecule has 1 aromatic rings. The van der Waals surface area contributed by atoms with Crippen LogP contribution in [0, 0.1) is 10.1 Å². The van der Waals surface area contributed by atoms with Gasteiger partial charge in [-0.2, -0.15) is 0 Å². The molecule has 1 aromatic carbocycles. The third-order valence-electron chi connectivity index (χ3n) is 1.64. The van der Waals surface area contributed by atoms with E-state index in [-0.39, 0.29) is 5.70 Å². The van der Waals surface area contributed by atoms with Crippen LogP contribution in [-0.4, -0.2) is 4.92 Å². The Morgan fingerprint density at radius 3 is 2.50 bits per heavy atom. The minimum Gasteiger partial charge on any atom is -0.259 e. The van der Waals surface area contributed by atoms with E-state index in [1.54, 1.807) is 12.1 Å². The molecular formula is C9H6Cl3NO2S. The van der Waals surface area contributed by atoms with E-state index >= 15 is 0 Å². The SMILES string of the molecule is CC(=CSc1c(Cl)ccc(Cl)c1Cl)[N+](=O)[O-]. The van der Waals surface area contributed by atoms with Gasteiger partial charge in [-0.05, 0) is 12.1 Å². The van der Waals surface area contributed by atoms with E-state index in [1.165, 1.54) is 12.3 Å². The first-order chi connectivity index (χ1) is 7.43. The highest BCUT2D eigenvalue weighted by Gasteiger charge is 2.11. The highest BCUT2D eigenvalue weighted by atomic mass is 35.5. The number of halogens is 3. The predicted octanol–water partition coefficient (Wildman–Crippen LogP) is 4.88. The van der Waals surface area contributed by atoms with Crippen LogP contribution in [0.5, 0.6) is 0 Å². The lowest BCUT2D eigenvalue weighted by molar-refractivity contribution is -0.424. The number of hydrogen-bond acceptors (Lipinski definition) is 3. The smallest absolute Gasteiger partial charge is 0.249 e. The van der Waals surface area contributed by atoms with E-state index in [0.29, 0.717) is 20.0 Å². The Morgan fingerprint density at radius 1 is 1.38 bits per heavy atom. The van der Waals surface area contributed by atoms with Gasteiger partial charge in [-0.3, -0.25) is 10.1 Å². The van der Waals surface area contributed by atoms with Gasteiger partial charge in [0.2, 0.25) is 5.70 Å². The maximum atomic E-state index is 10.4. The maximum absolute atomic E-state index is 10.4. The molecule has 0 aliphatic rings. The largest absolute Gasteiger partial charge is 0.259 e. The molecule has 0 unspecified atom stereocenters. The lowest BCUT2D eigenvalue weighted by Gasteiger charge is -2.04. The molecule has 0 bridgehead atoms. The van der Waals surface area contributed by atoms with Gasteiger partial charge in [0.1, 0.15) is 0 Å². The molecule has 0 aliphatic heterocycles. The average molecular weight is 299 g/mol. The quantitative estimate of drug-likeness (QED) is 0.346. The van der Waals surface area contributed by atoms with Gasteiger partial charge in [-0.15, -0.1) is 0 Å². The van der Waals surface area contributed by atoms with Crippen molar-refractivity contribution in [1.82, 2.24) is 0 Å². The molecule has 16 heavy (non-hydrogen) atoms. The molecule has 0 radical (unpaired) electrons. The van der Waals surface area contributed by atoms with Gasteiger partial charge in [0.05, 0.1) is 24.9 Å². The van der Waals surface area contributed by atoms with Crippen LogP contribution in [0.1, 0.15) is 6.92 Å². The van der Waals surface area contributed by atoms with Crippen LogP contribution >= 0.6 is 46.6 Å². The zero-order valence-electron chi connectivity index (χ0n) is 8.04. The second-order valence-corrected chi connectivity index (χ2v) is 4.88. The van der Waals surface area contributed by atoms with Crippen molar-refractivity contribution < 1.29 is 4.92 Å². The summed E-state index contributed by atoms with van der Waals surface area (Å²) in [6, 6.07) is 3.16. The van der Waals surface area contributed by atoms with Gasteiger partial charge in [-0.1, -0.05) is 46.6 Å². The molecule has 0 aliphatic carbocycles. The van der Waals surface area contributed by atoms with Crippen molar-refractivity contribution in [1.29, 1.82) is 0 Å². The van der Waals surface area contributed by atoms with Crippen LogP contribution in [-0.2, 0) is 0 Å². The topological polar surface area (TPSA) is 43.1 Å². The molecule has 0 saturated carbocycles. The van der Waals surface area contributed by atoms with E-state index in [9.17, 15) is 10.1 Å². The molecule has 0 amide bonds. The van der Waals surface area contributed by atoms with Crippen molar-refractivity contribution in [3.63, 3.8) is 0 Å². The monoisotopic (exact) mass is 297 g/mol. The van der Waals surface area contributed by atoms with Crippen LogP contribution in [0.25, 0.3) is 0 Å². The third kappa shape index (κ3) is 3.28. The maximum Gasteiger partial charge on any atom is 0.249 e. The molecule has 7 heteroatoms. The van der Waals surface area contributed by atoms with Crippen LogP contribution in [0.3, 0.4) is 0 Å². The molecule has 0 aromatic heterocycles. The van der Waals surface area contributed by atoms with E-state index in [1.807, 2.05) is 0 Å². The summed E-state index contributed by atoms with van der Waals surface area (Å²) in [6.07, 6.45) is 0. The Bertz CT molecular complexity index is 462. The van der Waals surface area contributed by atoms with Crippen LogP contribution < -0.4 is 0 Å². The standard InChI is InChI=1S/C9H6Cl3NO2S/c1-5(13(14)15)4-16-9-7(11)3-2-6(10)8(9)12/h2-4H,1H3. The minimum atomic E-state index is -0.487. The number of nitro groups is 1. The number of hydrogen-bond donors (Lipinski definition) is 0. The zero-order chi connectivity index (χ0) is 12.3. The zero-order valence-corrected chi connectivity index (χ0v) is 11.1. The van der Waals surface area contributed by atoms with Crippen molar-refractivity contribution in [3.8, 4) is 0 Å². The summed E-state index contributed by atoms with van der Waals surface area (Å²) >= 11 is 18.7. The number of benzene rings is 1. The molecule has 0 atom stereocenters. The lowest BCUT2D eigenvalue weighted by atomic mass is 10.4. The van der Waals surface area contributed by atoms with Gasteiger partial charge in [0.25, 0.3) is 0 Å². The third-order valence-corrected chi connectivity index (χ3v) is 4.10. The molecule has 3 nitrogen and oxygen atoms in total. The van der Waals surface area contributed by atoms with E-state index < -0.39 is 4.92 Å². The normalized spacial score (nSPS) is 11.6. The molecule has 0 saturated heterocycles. The molecule has 1 rings (SSSR count). The summed E-state index contributed by atoms with van der Waals surface area (Å²) in [5.74, 6) is 0. The Hall–Kier alpha value is -0.420. The van der Waals surface area contributed by atoms with Crippen molar-refractivity contribution in [2.75, 3.05) is 0 Å². The highest BCUT2D eigenvalue weighted by molar-refractivity contribution is 8.02. The highest BCUT2D eigenvalue weighted by Crippen LogP contribution is 2.39. The van der Waals surface area contributed by atoms with Crippen molar-refractivity contribution in [2.45, 2.75) is 11.8 Å². The van der Waals surface area contributed by atoms with Crippen LogP contribution in [0.2, 0.25) is 15.1 Å². The Balaban J connectivity index is 3.02. The summed E-state index contributed by atoms with van der Waals surface area (Å²) in [6.45, 7) is 1.39. The summed E-state index contributed by atoms with van der Waals surface area (Å²) in [7, 11) is 0. The van der Waals surface area contributed by atoms with Gasteiger partial charge in [-0.25, -0.2) is 0 Å². The molecule has 86 valence electrons. The van der Waals surface area contributed by atoms with Gasteiger partial charge in [0.15, 0.2) is 0 Å². The lowest BCUT2D eigenvalue weighted by Crippen LogP contribution is -1.91.